The van der Waals surface area contributed by atoms with Gasteiger partial charge < -0.3 is 15.2 Å². The standard InChI is InChI=1S/C18H18ClF2NO3/c19-12-4-6-13(7-5-12)24-10-2-1-3-11-25-15-9-8-14(20)16(17(15)21)18(22)23/h4-9H,1-3,10-11H2,(H2,22,23). The summed E-state index contributed by atoms with van der Waals surface area (Å²) in [5.74, 6) is -2.68. The van der Waals surface area contributed by atoms with Crippen LogP contribution in [0.1, 0.15) is 29.6 Å². The number of primary amides is 1. The average Bonchev–Trinajstić information content (AvgIpc) is 2.57. The van der Waals surface area contributed by atoms with E-state index in [9.17, 15) is 13.6 Å². The SMILES string of the molecule is NC(=O)c1c(F)ccc(OCCCCCOc2ccc(Cl)cc2)c1F. The molecule has 0 fully saturated rings. The summed E-state index contributed by atoms with van der Waals surface area (Å²) in [4.78, 5) is 11.0. The van der Waals surface area contributed by atoms with Crippen molar-refractivity contribution in [3.05, 3.63) is 58.6 Å². The Labute approximate surface area is 149 Å². The molecule has 2 N–H and O–H groups in total. The molecule has 25 heavy (non-hydrogen) atoms. The molecule has 134 valence electrons. The molecule has 0 aliphatic heterocycles. The number of halogens is 3. The molecule has 0 radical (unpaired) electrons. The molecule has 0 atom stereocenters. The fraction of sp³-hybridized carbons (Fsp3) is 0.278. The maximum absolute atomic E-state index is 13.9. The fourth-order valence-electron chi connectivity index (χ4n) is 2.15. The highest BCUT2D eigenvalue weighted by Crippen LogP contribution is 2.23. The summed E-state index contributed by atoms with van der Waals surface area (Å²) in [5.41, 5.74) is 4.17. The zero-order valence-corrected chi connectivity index (χ0v) is 14.2. The first-order chi connectivity index (χ1) is 12.0. The van der Waals surface area contributed by atoms with Crippen molar-refractivity contribution in [3.8, 4) is 11.5 Å². The maximum atomic E-state index is 13.9. The second kappa shape index (κ2) is 9.22. The third kappa shape index (κ3) is 5.60. The number of ether oxygens (including phenoxy) is 2. The lowest BCUT2D eigenvalue weighted by atomic mass is 10.1. The lowest BCUT2D eigenvalue weighted by molar-refractivity contribution is 0.0991. The van der Waals surface area contributed by atoms with Crippen molar-refractivity contribution >= 4 is 17.5 Å². The molecule has 2 aromatic carbocycles. The van der Waals surface area contributed by atoms with E-state index in [0.29, 0.717) is 18.1 Å². The predicted octanol–water partition coefficient (Wildman–Crippen LogP) is 4.35. The Morgan fingerprint density at radius 2 is 1.60 bits per heavy atom. The van der Waals surface area contributed by atoms with Gasteiger partial charge in [-0.05, 0) is 55.7 Å². The van der Waals surface area contributed by atoms with Crippen molar-refractivity contribution in [3.63, 3.8) is 0 Å². The Hall–Kier alpha value is -2.34. The Morgan fingerprint density at radius 1 is 0.960 bits per heavy atom. The first-order valence-corrected chi connectivity index (χ1v) is 8.16. The molecular formula is C18H18ClF2NO3. The number of hydrogen-bond acceptors (Lipinski definition) is 3. The van der Waals surface area contributed by atoms with E-state index in [1.54, 1.807) is 24.3 Å². The lowest BCUT2D eigenvalue weighted by Gasteiger charge is -2.10. The number of carbonyl (C=O) groups excluding carboxylic acids is 1. The van der Waals surface area contributed by atoms with Crippen LogP contribution in [-0.2, 0) is 0 Å². The van der Waals surface area contributed by atoms with Gasteiger partial charge in [0.25, 0.3) is 5.91 Å². The molecule has 2 aromatic rings. The van der Waals surface area contributed by atoms with Gasteiger partial charge in [0.15, 0.2) is 11.6 Å². The monoisotopic (exact) mass is 369 g/mol. The predicted molar refractivity (Wildman–Crippen MR) is 91.2 cm³/mol. The molecule has 2 rings (SSSR count). The van der Waals surface area contributed by atoms with Crippen LogP contribution in [0.5, 0.6) is 11.5 Å². The van der Waals surface area contributed by atoms with Crippen LogP contribution >= 0.6 is 11.6 Å². The number of amides is 1. The van der Waals surface area contributed by atoms with Crippen LogP contribution in [-0.4, -0.2) is 19.1 Å². The summed E-state index contributed by atoms with van der Waals surface area (Å²) in [7, 11) is 0. The Bertz CT molecular complexity index is 723. The van der Waals surface area contributed by atoms with E-state index in [1.165, 1.54) is 0 Å². The van der Waals surface area contributed by atoms with Crippen LogP contribution in [0.15, 0.2) is 36.4 Å². The lowest BCUT2D eigenvalue weighted by Crippen LogP contribution is -2.16. The summed E-state index contributed by atoms with van der Waals surface area (Å²) in [6.45, 7) is 0.778. The van der Waals surface area contributed by atoms with E-state index < -0.39 is 23.1 Å². The van der Waals surface area contributed by atoms with Crippen molar-refractivity contribution in [1.82, 2.24) is 0 Å². The van der Waals surface area contributed by atoms with Crippen LogP contribution < -0.4 is 15.2 Å². The van der Waals surface area contributed by atoms with Crippen LogP contribution in [0.2, 0.25) is 5.02 Å². The average molecular weight is 370 g/mol. The minimum atomic E-state index is -1.17. The number of nitrogens with two attached hydrogens (primary N) is 1. The Morgan fingerprint density at radius 3 is 2.24 bits per heavy atom. The van der Waals surface area contributed by atoms with Crippen LogP contribution in [0, 0.1) is 11.6 Å². The second-order valence-electron chi connectivity index (χ2n) is 5.31. The van der Waals surface area contributed by atoms with Gasteiger partial charge in [-0.3, -0.25) is 4.79 Å². The molecule has 0 heterocycles. The smallest absolute Gasteiger partial charge is 0.254 e. The quantitative estimate of drug-likeness (QED) is 0.668. The minimum absolute atomic E-state index is 0.187. The van der Waals surface area contributed by atoms with E-state index in [1.807, 2.05) is 0 Å². The molecule has 0 unspecified atom stereocenters. The molecule has 1 amide bonds. The third-order valence-corrected chi connectivity index (χ3v) is 3.68. The van der Waals surface area contributed by atoms with Gasteiger partial charge in [0, 0.05) is 5.02 Å². The van der Waals surface area contributed by atoms with Gasteiger partial charge in [-0.15, -0.1) is 0 Å². The summed E-state index contributed by atoms with van der Waals surface area (Å²) in [5, 5.41) is 0.650. The zero-order valence-electron chi connectivity index (χ0n) is 13.4. The fourth-order valence-corrected chi connectivity index (χ4v) is 2.28. The Kier molecular flexibility index (Phi) is 7.01. The molecule has 0 saturated carbocycles. The van der Waals surface area contributed by atoms with Gasteiger partial charge in [-0.1, -0.05) is 11.6 Å². The molecule has 0 aliphatic rings. The molecule has 0 saturated heterocycles. The van der Waals surface area contributed by atoms with Crippen LogP contribution in [0.4, 0.5) is 8.78 Å². The van der Waals surface area contributed by atoms with Crippen molar-refractivity contribution in [2.24, 2.45) is 5.73 Å². The minimum Gasteiger partial charge on any atom is -0.494 e. The highest BCUT2D eigenvalue weighted by Gasteiger charge is 2.18. The number of benzene rings is 2. The third-order valence-electron chi connectivity index (χ3n) is 3.43. The van der Waals surface area contributed by atoms with Crippen molar-refractivity contribution in [2.75, 3.05) is 13.2 Å². The van der Waals surface area contributed by atoms with Gasteiger partial charge in [0.1, 0.15) is 17.1 Å². The first kappa shape index (κ1) is 19.0. The van der Waals surface area contributed by atoms with E-state index in [0.717, 1.165) is 30.7 Å². The highest BCUT2D eigenvalue weighted by atomic mass is 35.5. The zero-order chi connectivity index (χ0) is 18.2. The topological polar surface area (TPSA) is 61.6 Å². The number of unbranched alkanes of at least 4 members (excludes halogenated alkanes) is 2. The first-order valence-electron chi connectivity index (χ1n) is 7.78. The highest BCUT2D eigenvalue weighted by molar-refractivity contribution is 6.30. The van der Waals surface area contributed by atoms with Crippen LogP contribution in [0.25, 0.3) is 0 Å². The summed E-state index contributed by atoms with van der Waals surface area (Å²) in [6, 6.07) is 9.18. The molecule has 7 heteroatoms. The van der Waals surface area contributed by atoms with Gasteiger partial charge >= 0.3 is 0 Å². The van der Waals surface area contributed by atoms with E-state index in [2.05, 4.69) is 0 Å². The molecule has 0 aliphatic carbocycles. The molecule has 0 spiro atoms. The van der Waals surface area contributed by atoms with Crippen molar-refractivity contribution < 1.29 is 23.0 Å². The largest absolute Gasteiger partial charge is 0.494 e. The van der Waals surface area contributed by atoms with Crippen LogP contribution in [0.3, 0.4) is 0 Å². The second-order valence-corrected chi connectivity index (χ2v) is 5.75. The molecule has 4 nitrogen and oxygen atoms in total. The summed E-state index contributed by atoms with van der Waals surface area (Å²) >= 11 is 5.78. The van der Waals surface area contributed by atoms with Gasteiger partial charge in [-0.25, -0.2) is 8.78 Å². The maximum Gasteiger partial charge on any atom is 0.254 e. The van der Waals surface area contributed by atoms with E-state index in [-0.39, 0.29) is 12.4 Å². The number of hydrogen-bond donors (Lipinski definition) is 1. The van der Waals surface area contributed by atoms with Gasteiger partial charge in [0.2, 0.25) is 0 Å². The number of rotatable bonds is 9. The summed E-state index contributed by atoms with van der Waals surface area (Å²) < 4.78 is 38.1. The van der Waals surface area contributed by atoms with Crippen molar-refractivity contribution in [1.29, 1.82) is 0 Å². The Balaban J connectivity index is 1.69. The molecule has 0 aromatic heterocycles. The van der Waals surface area contributed by atoms with Crippen molar-refractivity contribution in [2.45, 2.75) is 19.3 Å². The van der Waals surface area contributed by atoms with Gasteiger partial charge in [-0.2, -0.15) is 0 Å². The normalized spacial score (nSPS) is 10.5. The van der Waals surface area contributed by atoms with E-state index >= 15 is 0 Å². The molecule has 0 bridgehead atoms. The van der Waals surface area contributed by atoms with Gasteiger partial charge in [0.05, 0.1) is 13.2 Å². The molecular weight excluding hydrogens is 352 g/mol. The van der Waals surface area contributed by atoms with E-state index in [4.69, 9.17) is 26.8 Å². The summed E-state index contributed by atoms with van der Waals surface area (Å²) in [6.07, 6.45) is 2.26. The number of carbonyl (C=O) groups is 1.